The van der Waals surface area contributed by atoms with Gasteiger partial charge in [0.05, 0.1) is 4.90 Å². The molecule has 0 bridgehead atoms. The molecule has 35 heavy (non-hydrogen) atoms. The number of amides is 2. The molecule has 2 saturated heterocycles. The van der Waals surface area contributed by atoms with Crippen LogP contribution in [0.5, 0.6) is 0 Å². The van der Waals surface area contributed by atoms with Crippen LogP contribution in [0.4, 0.5) is 20.4 Å². The largest absolute Gasteiger partial charge is 0.369 e. The molecule has 0 aliphatic carbocycles. The van der Waals surface area contributed by atoms with Gasteiger partial charge in [-0.25, -0.2) is 17.2 Å². The lowest BCUT2D eigenvalue weighted by atomic mass is 9.96. The van der Waals surface area contributed by atoms with Crippen molar-refractivity contribution in [2.75, 3.05) is 29.6 Å². The number of carbonyl (C=O) groups is 2. The van der Waals surface area contributed by atoms with E-state index in [-0.39, 0.29) is 36.1 Å². The van der Waals surface area contributed by atoms with Gasteiger partial charge >= 0.3 is 0 Å². The summed E-state index contributed by atoms with van der Waals surface area (Å²) < 4.78 is 57.5. The van der Waals surface area contributed by atoms with Gasteiger partial charge in [-0.15, -0.1) is 0 Å². The van der Waals surface area contributed by atoms with Gasteiger partial charge in [0.15, 0.2) is 21.5 Å². The fourth-order valence-corrected chi connectivity index (χ4v) is 4.97. The molecule has 2 aromatic rings. The summed E-state index contributed by atoms with van der Waals surface area (Å²) in [5, 5.41) is 6.49. The van der Waals surface area contributed by atoms with E-state index in [0.717, 1.165) is 18.4 Å². The zero-order valence-corrected chi connectivity index (χ0v) is 20.4. The van der Waals surface area contributed by atoms with E-state index in [4.69, 9.17) is 4.52 Å². The van der Waals surface area contributed by atoms with Crippen molar-refractivity contribution in [1.29, 1.82) is 0 Å². The Morgan fingerprint density at radius 1 is 1.14 bits per heavy atom. The smallest absolute Gasteiger partial charge is 0.272 e. The molecule has 3 heterocycles. The number of anilines is 2. The van der Waals surface area contributed by atoms with Crippen LogP contribution < -0.4 is 10.2 Å². The lowest BCUT2D eigenvalue weighted by Gasteiger charge is -2.41. The Morgan fingerprint density at radius 3 is 2.40 bits per heavy atom. The summed E-state index contributed by atoms with van der Waals surface area (Å²) in [6.07, 6.45) is 2.32. The number of sulfone groups is 1. The highest BCUT2D eigenvalue weighted by molar-refractivity contribution is 7.90. The average Bonchev–Trinajstić information content (AvgIpc) is 3.27. The summed E-state index contributed by atoms with van der Waals surface area (Å²) >= 11 is 0. The van der Waals surface area contributed by atoms with Crippen molar-refractivity contribution in [1.82, 2.24) is 15.0 Å². The van der Waals surface area contributed by atoms with Crippen LogP contribution >= 0.6 is 0 Å². The molecular formula is C22H27F2N5O5S. The van der Waals surface area contributed by atoms with E-state index in [1.54, 1.807) is 4.90 Å². The number of hydrogen-bond donors (Lipinski definition) is 1. The molecule has 1 aromatic heterocycles. The van der Waals surface area contributed by atoms with Crippen molar-refractivity contribution < 1.29 is 31.3 Å². The Bertz CT molecular complexity index is 1230. The van der Waals surface area contributed by atoms with Crippen LogP contribution in [0.15, 0.2) is 21.6 Å². The van der Waals surface area contributed by atoms with E-state index in [9.17, 15) is 26.8 Å². The molecule has 13 heteroatoms. The Labute approximate surface area is 201 Å². The maximum atomic E-state index is 14.5. The predicted molar refractivity (Wildman–Crippen MR) is 122 cm³/mol. The first-order chi connectivity index (χ1) is 16.5. The van der Waals surface area contributed by atoms with E-state index >= 15 is 0 Å². The molecule has 0 saturated carbocycles. The first kappa shape index (κ1) is 25.0. The third kappa shape index (κ3) is 5.14. The van der Waals surface area contributed by atoms with Crippen molar-refractivity contribution in [3.8, 4) is 0 Å². The fourth-order valence-electron chi connectivity index (χ4n) is 4.34. The summed E-state index contributed by atoms with van der Waals surface area (Å²) in [6.45, 7) is 4.52. The first-order valence-corrected chi connectivity index (χ1v) is 13.2. The minimum Gasteiger partial charge on any atom is -0.369 e. The molecule has 1 N–H and O–H groups in total. The Morgan fingerprint density at radius 2 is 1.83 bits per heavy atom. The van der Waals surface area contributed by atoms with Crippen molar-refractivity contribution in [2.24, 2.45) is 0 Å². The van der Waals surface area contributed by atoms with Gasteiger partial charge in [0, 0.05) is 37.7 Å². The summed E-state index contributed by atoms with van der Waals surface area (Å²) in [6, 6.07) is 0.177. The van der Waals surface area contributed by atoms with Gasteiger partial charge in [0.2, 0.25) is 17.7 Å². The maximum Gasteiger partial charge on any atom is 0.272 e. The van der Waals surface area contributed by atoms with E-state index in [2.05, 4.69) is 15.5 Å². The van der Waals surface area contributed by atoms with E-state index in [0.29, 0.717) is 38.2 Å². The molecule has 2 fully saturated rings. The van der Waals surface area contributed by atoms with Gasteiger partial charge in [-0.05, 0) is 36.6 Å². The SMILES string of the molecule is CC(C)c1nc(N2CCC(N3CCCC(Nc4c(F)cc(S(C)(=O)=O)cc4F)C3=O)CC2=O)no1. The number of rotatable bonds is 6. The number of carbonyl (C=O) groups excluding carboxylic acids is 2. The Balaban J connectivity index is 1.45. The van der Waals surface area contributed by atoms with Crippen LogP contribution in [0.2, 0.25) is 0 Å². The van der Waals surface area contributed by atoms with Crippen molar-refractivity contribution in [3.63, 3.8) is 0 Å². The first-order valence-electron chi connectivity index (χ1n) is 11.4. The summed E-state index contributed by atoms with van der Waals surface area (Å²) in [4.78, 5) is 32.8. The average molecular weight is 512 g/mol. The van der Waals surface area contributed by atoms with Crippen molar-refractivity contribution >= 4 is 33.3 Å². The van der Waals surface area contributed by atoms with E-state index < -0.39 is 38.1 Å². The monoisotopic (exact) mass is 511 g/mol. The second-order valence-electron chi connectivity index (χ2n) is 9.18. The third-order valence-corrected chi connectivity index (χ3v) is 7.33. The maximum absolute atomic E-state index is 14.5. The van der Waals surface area contributed by atoms with Crippen LogP contribution in [0, 0.1) is 11.6 Å². The van der Waals surface area contributed by atoms with E-state index in [1.165, 1.54) is 4.90 Å². The summed E-state index contributed by atoms with van der Waals surface area (Å²) in [7, 11) is -3.80. The van der Waals surface area contributed by atoms with E-state index in [1.807, 2.05) is 13.8 Å². The summed E-state index contributed by atoms with van der Waals surface area (Å²) in [5.41, 5.74) is -0.554. The number of nitrogens with zero attached hydrogens (tertiary/aromatic N) is 4. The number of nitrogens with one attached hydrogen (secondary N) is 1. The number of halogens is 2. The highest BCUT2D eigenvalue weighted by atomic mass is 32.2. The molecule has 2 aliphatic rings. The molecule has 0 radical (unpaired) electrons. The standard InChI is InChI=1S/C22H27F2N5O5S/c1-12(2)20-26-22(27-34-20)29-8-6-13(9-18(29)30)28-7-4-5-17(21(28)31)25-19-15(23)10-14(11-16(19)24)35(3,32)33/h10-13,17,25H,4-9H2,1-3H3. The van der Waals surface area contributed by atoms with Gasteiger partial charge < -0.3 is 14.7 Å². The van der Waals surface area contributed by atoms with Gasteiger partial charge in [-0.1, -0.05) is 13.8 Å². The quantitative estimate of drug-likeness (QED) is 0.627. The normalized spacial score (nSPS) is 21.7. The van der Waals surface area contributed by atoms with Gasteiger partial charge in [-0.2, -0.15) is 4.98 Å². The Kier molecular flexibility index (Phi) is 6.80. The number of likely N-dealkylation sites (tertiary alicyclic amines) is 1. The van der Waals surface area contributed by atoms with Crippen molar-refractivity contribution in [3.05, 3.63) is 29.7 Å². The van der Waals surface area contributed by atoms with Gasteiger partial charge in [0.1, 0.15) is 11.7 Å². The van der Waals surface area contributed by atoms with Gasteiger partial charge in [0.25, 0.3) is 5.95 Å². The molecule has 190 valence electrons. The zero-order valence-electron chi connectivity index (χ0n) is 19.6. The van der Waals surface area contributed by atoms with Crippen molar-refractivity contribution in [2.45, 2.75) is 62.4 Å². The molecule has 10 nitrogen and oxygen atoms in total. The summed E-state index contributed by atoms with van der Waals surface area (Å²) in [5.74, 6) is -2.15. The van der Waals surface area contributed by atoms with Gasteiger partial charge in [-0.3, -0.25) is 14.5 Å². The number of hydrogen-bond acceptors (Lipinski definition) is 8. The topological polar surface area (TPSA) is 126 Å². The number of aromatic nitrogens is 2. The zero-order chi connectivity index (χ0) is 25.5. The minimum atomic E-state index is -3.80. The third-order valence-electron chi connectivity index (χ3n) is 6.24. The predicted octanol–water partition coefficient (Wildman–Crippen LogP) is 2.47. The number of piperidine rings is 2. The van der Waals surface area contributed by atoms with Crippen LogP contribution in [0.3, 0.4) is 0 Å². The molecule has 4 rings (SSSR count). The van der Waals surface area contributed by atoms with Crippen LogP contribution in [0.1, 0.15) is 51.3 Å². The minimum absolute atomic E-state index is 0.0246. The molecule has 2 amide bonds. The van der Waals surface area contributed by atoms with Crippen LogP contribution in [-0.4, -0.2) is 66.7 Å². The molecular weight excluding hydrogens is 484 g/mol. The molecule has 2 atom stereocenters. The lowest BCUT2D eigenvalue weighted by Crippen LogP contribution is -2.56. The molecule has 2 unspecified atom stereocenters. The van der Waals surface area contributed by atoms with Crippen LogP contribution in [0.25, 0.3) is 0 Å². The molecule has 1 aromatic carbocycles. The highest BCUT2D eigenvalue weighted by Crippen LogP contribution is 2.29. The lowest BCUT2D eigenvalue weighted by molar-refractivity contribution is -0.138. The molecule has 2 aliphatic heterocycles. The number of benzene rings is 1. The second-order valence-corrected chi connectivity index (χ2v) is 11.2. The Hall–Kier alpha value is -3.09. The molecule has 0 spiro atoms. The highest BCUT2D eigenvalue weighted by Gasteiger charge is 2.39. The second kappa shape index (κ2) is 9.51. The fraction of sp³-hybridized carbons (Fsp3) is 0.545. The van der Waals surface area contributed by atoms with Crippen LogP contribution in [-0.2, 0) is 19.4 Å².